The molecule has 0 aliphatic carbocycles. The minimum absolute atomic E-state index is 0.000668. The van der Waals surface area contributed by atoms with Gasteiger partial charge >= 0.3 is 0 Å². The van der Waals surface area contributed by atoms with Gasteiger partial charge < -0.3 is 19.7 Å². The van der Waals surface area contributed by atoms with Crippen molar-refractivity contribution in [3.8, 4) is 5.75 Å². The fourth-order valence-electron chi connectivity index (χ4n) is 4.37. The van der Waals surface area contributed by atoms with Crippen LogP contribution in [0.5, 0.6) is 5.75 Å². The van der Waals surface area contributed by atoms with Gasteiger partial charge in [0, 0.05) is 26.2 Å². The second kappa shape index (κ2) is 11.2. The van der Waals surface area contributed by atoms with E-state index in [2.05, 4.69) is 5.32 Å². The first-order valence-corrected chi connectivity index (χ1v) is 13.3. The quantitative estimate of drug-likeness (QED) is 0.653. The number of anilines is 1. The van der Waals surface area contributed by atoms with Crippen LogP contribution in [0.2, 0.25) is 0 Å². The number of morpholine rings is 1. The Balaban J connectivity index is 1.61. The average molecular weight is 502 g/mol. The summed E-state index contributed by atoms with van der Waals surface area (Å²) < 4.78 is 38.2. The Kier molecular flexibility index (Phi) is 8.04. The average Bonchev–Trinajstić information content (AvgIpc) is 3.18. The summed E-state index contributed by atoms with van der Waals surface area (Å²) in [7, 11) is -2.38. The smallest absolute Gasteiger partial charge is 0.259 e. The fraction of sp³-hybridized carbons (Fsp3) is 0.440. The Morgan fingerprint density at radius 1 is 0.914 bits per heavy atom. The largest absolute Gasteiger partial charge is 0.496 e. The van der Waals surface area contributed by atoms with Crippen LogP contribution in [0.15, 0.2) is 47.4 Å². The van der Waals surface area contributed by atoms with E-state index in [1.807, 2.05) is 4.90 Å². The van der Waals surface area contributed by atoms with E-state index in [1.165, 1.54) is 29.6 Å². The lowest BCUT2D eigenvalue weighted by molar-refractivity contribution is 0.0730. The van der Waals surface area contributed by atoms with Crippen molar-refractivity contribution in [2.45, 2.75) is 30.6 Å². The first kappa shape index (κ1) is 25.2. The number of carbonyl (C=O) groups excluding carboxylic acids is 2. The van der Waals surface area contributed by atoms with Gasteiger partial charge in [0.05, 0.1) is 42.0 Å². The van der Waals surface area contributed by atoms with Gasteiger partial charge in [-0.3, -0.25) is 9.59 Å². The molecule has 4 rings (SSSR count). The molecule has 0 atom stereocenters. The van der Waals surface area contributed by atoms with E-state index in [4.69, 9.17) is 9.47 Å². The number of nitrogens with one attached hydrogen (secondary N) is 1. The summed E-state index contributed by atoms with van der Waals surface area (Å²) in [5.41, 5.74) is 0.841. The molecule has 2 heterocycles. The Bertz CT molecular complexity index is 1170. The summed E-state index contributed by atoms with van der Waals surface area (Å²) in [4.78, 5) is 28.4. The van der Waals surface area contributed by atoms with Crippen molar-refractivity contribution in [2.24, 2.45) is 0 Å². The highest BCUT2D eigenvalue weighted by molar-refractivity contribution is 7.89. The van der Waals surface area contributed by atoms with Gasteiger partial charge in [0.2, 0.25) is 10.0 Å². The number of benzene rings is 2. The number of hydrogen-bond donors (Lipinski definition) is 1. The highest BCUT2D eigenvalue weighted by Crippen LogP contribution is 2.27. The number of carbonyl (C=O) groups is 2. The third-order valence-electron chi connectivity index (χ3n) is 6.32. The van der Waals surface area contributed by atoms with Crippen molar-refractivity contribution in [1.29, 1.82) is 0 Å². The zero-order valence-electron chi connectivity index (χ0n) is 19.9. The SMILES string of the molecule is COc1ccc(S(=O)(=O)N2CCOCC2)cc1C(=O)Nc1ccccc1C(=O)N1CCCCCC1. The summed E-state index contributed by atoms with van der Waals surface area (Å²) in [5.74, 6) is -0.449. The molecule has 2 fully saturated rings. The molecule has 2 amide bonds. The third kappa shape index (κ3) is 5.66. The van der Waals surface area contributed by atoms with E-state index in [1.54, 1.807) is 24.3 Å². The van der Waals surface area contributed by atoms with Gasteiger partial charge in [0.25, 0.3) is 11.8 Å². The van der Waals surface area contributed by atoms with Gasteiger partial charge in [-0.2, -0.15) is 4.31 Å². The van der Waals surface area contributed by atoms with Gasteiger partial charge in [-0.05, 0) is 43.2 Å². The molecule has 10 heteroatoms. The normalized spacial score (nSPS) is 17.5. The molecule has 0 radical (unpaired) electrons. The molecule has 2 aromatic rings. The van der Waals surface area contributed by atoms with Gasteiger partial charge in [0.1, 0.15) is 5.75 Å². The number of sulfonamides is 1. The van der Waals surface area contributed by atoms with Gasteiger partial charge in [-0.25, -0.2) is 8.42 Å². The maximum Gasteiger partial charge on any atom is 0.259 e. The predicted octanol–water partition coefficient (Wildman–Crippen LogP) is 2.98. The molecular formula is C25H31N3O6S. The number of hydrogen-bond acceptors (Lipinski definition) is 6. The number of ether oxygens (including phenoxy) is 2. The molecule has 2 aliphatic rings. The van der Waals surface area contributed by atoms with E-state index in [9.17, 15) is 18.0 Å². The predicted molar refractivity (Wildman–Crippen MR) is 131 cm³/mol. The Hall–Kier alpha value is -2.95. The zero-order valence-corrected chi connectivity index (χ0v) is 20.7. The Morgan fingerprint density at radius 2 is 1.60 bits per heavy atom. The minimum Gasteiger partial charge on any atom is -0.496 e. The summed E-state index contributed by atoms with van der Waals surface area (Å²) >= 11 is 0. The molecule has 0 spiro atoms. The molecule has 9 nitrogen and oxygen atoms in total. The summed E-state index contributed by atoms with van der Waals surface area (Å²) in [6.07, 6.45) is 4.13. The number of para-hydroxylation sites is 1. The van der Waals surface area contributed by atoms with E-state index in [0.717, 1.165) is 25.7 Å². The number of nitrogens with zero attached hydrogens (tertiary/aromatic N) is 2. The Labute approximate surface area is 206 Å². The molecule has 188 valence electrons. The first-order valence-electron chi connectivity index (χ1n) is 11.9. The lowest BCUT2D eigenvalue weighted by Gasteiger charge is -2.26. The third-order valence-corrected chi connectivity index (χ3v) is 8.22. The van der Waals surface area contributed by atoms with Crippen LogP contribution < -0.4 is 10.1 Å². The molecule has 0 bridgehead atoms. The molecule has 2 aromatic carbocycles. The summed E-state index contributed by atoms with van der Waals surface area (Å²) in [5, 5.41) is 2.80. The van der Waals surface area contributed by atoms with Crippen LogP contribution >= 0.6 is 0 Å². The lowest BCUT2D eigenvalue weighted by atomic mass is 10.1. The zero-order chi connectivity index (χ0) is 24.8. The van der Waals surface area contributed by atoms with Crippen molar-refractivity contribution < 1.29 is 27.5 Å². The van der Waals surface area contributed by atoms with E-state index in [0.29, 0.717) is 37.6 Å². The van der Waals surface area contributed by atoms with Crippen molar-refractivity contribution in [2.75, 3.05) is 51.8 Å². The standard InChI is InChI=1S/C25H31N3O6S/c1-33-23-11-10-19(35(31,32)28-14-16-34-17-15-28)18-21(23)24(29)26-22-9-5-4-8-20(22)25(30)27-12-6-2-3-7-13-27/h4-5,8-11,18H,2-3,6-7,12-17H2,1H3,(H,26,29). The molecule has 35 heavy (non-hydrogen) atoms. The molecular weight excluding hydrogens is 470 g/mol. The number of amides is 2. The summed E-state index contributed by atoms with van der Waals surface area (Å²) in [6, 6.07) is 11.1. The van der Waals surface area contributed by atoms with Crippen LogP contribution in [0.25, 0.3) is 0 Å². The highest BCUT2D eigenvalue weighted by atomic mass is 32.2. The second-order valence-corrected chi connectivity index (χ2v) is 10.5. The number of likely N-dealkylation sites (tertiary alicyclic amines) is 1. The summed E-state index contributed by atoms with van der Waals surface area (Å²) in [6.45, 7) is 2.53. The molecule has 0 saturated carbocycles. The maximum absolute atomic E-state index is 13.3. The van der Waals surface area contributed by atoms with E-state index < -0.39 is 15.9 Å². The van der Waals surface area contributed by atoms with Crippen LogP contribution in [0.3, 0.4) is 0 Å². The van der Waals surface area contributed by atoms with Crippen molar-refractivity contribution in [3.05, 3.63) is 53.6 Å². The maximum atomic E-state index is 13.3. The second-order valence-electron chi connectivity index (χ2n) is 8.58. The van der Waals surface area contributed by atoms with Crippen LogP contribution in [0.1, 0.15) is 46.4 Å². The fourth-order valence-corrected chi connectivity index (χ4v) is 5.81. The van der Waals surface area contributed by atoms with Crippen molar-refractivity contribution >= 4 is 27.5 Å². The van der Waals surface area contributed by atoms with Crippen molar-refractivity contribution in [3.63, 3.8) is 0 Å². The minimum atomic E-state index is -3.80. The van der Waals surface area contributed by atoms with Crippen LogP contribution in [-0.2, 0) is 14.8 Å². The molecule has 2 aliphatic heterocycles. The van der Waals surface area contributed by atoms with Gasteiger partial charge in [0.15, 0.2) is 0 Å². The topological polar surface area (TPSA) is 105 Å². The molecule has 0 aromatic heterocycles. The first-order chi connectivity index (χ1) is 16.9. The van der Waals surface area contributed by atoms with Gasteiger partial charge in [-0.15, -0.1) is 0 Å². The number of rotatable bonds is 6. The molecule has 2 saturated heterocycles. The van der Waals surface area contributed by atoms with E-state index in [-0.39, 0.29) is 35.2 Å². The van der Waals surface area contributed by atoms with Crippen LogP contribution in [-0.4, -0.2) is 75.9 Å². The monoisotopic (exact) mass is 501 g/mol. The van der Waals surface area contributed by atoms with Crippen LogP contribution in [0, 0.1) is 0 Å². The van der Waals surface area contributed by atoms with Crippen LogP contribution in [0.4, 0.5) is 5.69 Å². The van der Waals surface area contributed by atoms with E-state index >= 15 is 0 Å². The highest BCUT2D eigenvalue weighted by Gasteiger charge is 2.28. The molecule has 0 unspecified atom stereocenters. The lowest BCUT2D eigenvalue weighted by Crippen LogP contribution is -2.40. The van der Waals surface area contributed by atoms with Crippen molar-refractivity contribution in [1.82, 2.24) is 9.21 Å². The Morgan fingerprint density at radius 3 is 2.29 bits per heavy atom. The molecule has 1 N–H and O–H groups in total. The van der Waals surface area contributed by atoms with Gasteiger partial charge in [-0.1, -0.05) is 25.0 Å². The number of methoxy groups -OCH3 is 1.